The van der Waals surface area contributed by atoms with Crippen LogP contribution in [-0.2, 0) is 23.5 Å². The predicted molar refractivity (Wildman–Crippen MR) is 55.2 cm³/mol. The van der Waals surface area contributed by atoms with Crippen molar-refractivity contribution in [3.8, 4) is 0 Å². The Morgan fingerprint density at radius 1 is 0.933 bits per heavy atom. The molecule has 0 heterocycles. The van der Waals surface area contributed by atoms with Gasteiger partial charge in [0, 0.05) is 14.2 Å². The van der Waals surface area contributed by atoms with Crippen molar-refractivity contribution in [1.29, 1.82) is 0 Å². The summed E-state index contributed by atoms with van der Waals surface area (Å²) >= 11 is 0. The Morgan fingerprint density at radius 3 is 1.67 bits per heavy atom. The summed E-state index contributed by atoms with van der Waals surface area (Å²) in [5.74, 6) is 0. The summed E-state index contributed by atoms with van der Waals surface area (Å²) in [4.78, 5) is 9.34. The van der Waals surface area contributed by atoms with Crippen LogP contribution in [0.2, 0.25) is 0 Å². The molecule has 0 spiro atoms. The Balaban J connectivity index is 3.45. The van der Waals surface area contributed by atoms with Gasteiger partial charge in [0.05, 0.1) is 26.4 Å². The second-order valence-corrected chi connectivity index (χ2v) is 5.12. The highest BCUT2D eigenvalue weighted by Crippen LogP contribution is 2.39. The first-order valence-electron chi connectivity index (χ1n) is 4.56. The summed E-state index contributed by atoms with van der Waals surface area (Å²) in [5, 5.41) is 0. The minimum absolute atomic E-state index is 0.205. The molecule has 92 valence electrons. The van der Waals surface area contributed by atoms with Crippen molar-refractivity contribution in [1.82, 2.24) is 0 Å². The third-order valence-electron chi connectivity index (χ3n) is 1.45. The Hall–Kier alpha value is 0.0300. The number of methoxy groups -OCH3 is 2. The van der Waals surface area contributed by atoms with Crippen molar-refractivity contribution in [2.24, 2.45) is 0 Å². The molecule has 0 bridgehead atoms. The lowest BCUT2D eigenvalue weighted by atomic mass is 10.8. The highest BCUT2D eigenvalue weighted by molar-refractivity contribution is 7.57. The maximum absolute atomic E-state index is 11.4. The van der Waals surface area contributed by atoms with E-state index in [1.54, 1.807) is 0 Å². The molecule has 0 saturated heterocycles. The van der Waals surface area contributed by atoms with E-state index in [4.69, 9.17) is 18.9 Å². The molecule has 0 atom stereocenters. The van der Waals surface area contributed by atoms with Crippen LogP contribution in [0.25, 0.3) is 0 Å². The lowest BCUT2D eigenvalue weighted by molar-refractivity contribution is 0.0766. The molecule has 0 amide bonds. The molecule has 0 aromatic heterocycles. The van der Waals surface area contributed by atoms with Crippen molar-refractivity contribution >= 4 is 7.37 Å². The zero-order valence-electron chi connectivity index (χ0n) is 9.18. The average Bonchev–Trinajstić information content (AvgIpc) is 2.20. The summed E-state index contributed by atoms with van der Waals surface area (Å²) in [6.07, 6.45) is -0.410. The zero-order chi connectivity index (χ0) is 11.6. The van der Waals surface area contributed by atoms with Crippen molar-refractivity contribution in [2.45, 2.75) is 0 Å². The van der Waals surface area contributed by atoms with Gasteiger partial charge in [-0.15, -0.1) is 0 Å². The van der Waals surface area contributed by atoms with E-state index in [1.807, 2.05) is 0 Å². The molecule has 0 aliphatic heterocycles. The largest absolute Gasteiger partial charge is 0.382 e. The number of ether oxygens (including phenoxy) is 4. The number of hydrogen-bond acceptors (Lipinski definition) is 5. The van der Waals surface area contributed by atoms with Crippen molar-refractivity contribution in [3.05, 3.63) is 0 Å². The topological polar surface area (TPSA) is 74.2 Å². The van der Waals surface area contributed by atoms with Gasteiger partial charge in [-0.2, -0.15) is 0 Å². The molecule has 6 nitrogen and oxygen atoms in total. The molecule has 7 heteroatoms. The third kappa shape index (κ3) is 10.3. The minimum Gasteiger partial charge on any atom is -0.382 e. The van der Waals surface area contributed by atoms with Crippen LogP contribution in [-0.4, -0.2) is 58.2 Å². The molecule has 0 fully saturated rings. The summed E-state index contributed by atoms with van der Waals surface area (Å²) < 4.78 is 30.7. The molecule has 0 aromatic carbocycles. The van der Waals surface area contributed by atoms with Crippen LogP contribution in [0.4, 0.5) is 0 Å². The summed E-state index contributed by atoms with van der Waals surface area (Å²) in [7, 11) is -0.254. The fraction of sp³-hybridized carbons (Fsp3) is 1.00. The van der Waals surface area contributed by atoms with Crippen LogP contribution in [0.5, 0.6) is 0 Å². The van der Waals surface area contributed by atoms with E-state index in [9.17, 15) is 9.46 Å². The summed E-state index contributed by atoms with van der Waals surface area (Å²) in [6, 6.07) is 0. The second-order valence-electron chi connectivity index (χ2n) is 2.91. The van der Waals surface area contributed by atoms with Gasteiger partial charge in [0.1, 0.15) is 12.7 Å². The van der Waals surface area contributed by atoms with Crippen molar-refractivity contribution in [2.75, 3.05) is 53.3 Å². The molecule has 0 radical (unpaired) electrons. The molecule has 0 unspecified atom stereocenters. The van der Waals surface area contributed by atoms with Crippen LogP contribution >= 0.6 is 7.37 Å². The van der Waals surface area contributed by atoms with Gasteiger partial charge in [-0.1, -0.05) is 0 Å². The molecular weight excluding hydrogens is 223 g/mol. The lowest BCUT2D eigenvalue weighted by Crippen LogP contribution is -2.08. The van der Waals surface area contributed by atoms with Gasteiger partial charge in [-0.3, -0.25) is 4.57 Å². The van der Waals surface area contributed by atoms with Gasteiger partial charge in [0.2, 0.25) is 7.37 Å². The van der Waals surface area contributed by atoms with Gasteiger partial charge in [-0.05, 0) is 0 Å². The van der Waals surface area contributed by atoms with Crippen LogP contribution < -0.4 is 0 Å². The van der Waals surface area contributed by atoms with Gasteiger partial charge < -0.3 is 23.8 Å². The third-order valence-corrected chi connectivity index (χ3v) is 2.62. The van der Waals surface area contributed by atoms with E-state index in [1.165, 1.54) is 14.2 Å². The Kier molecular flexibility index (Phi) is 9.29. The number of rotatable bonds is 10. The predicted octanol–water partition coefficient (Wildman–Crippen LogP) is 0.498. The average molecular weight is 242 g/mol. The number of hydrogen-bond donors (Lipinski definition) is 1. The molecule has 0 rings (SSSR count). The first kappa shape index (κ1) is 15.0. The summed E-state index contributed by atoms with van der Waals surface area (Å²) in [6.45, 7) is 1.42. The van der Waals surface area contributed by atoms with Crippen LogP contribution in [0, 0.1) is 0 Å². The Bertz CT molecular complexity index is 170. The smallest absolute Gasteiger partial charge is 0.250 e. The molecule has 0 saturated carbocycles. The normalized spacial score (nSPS) is 11.9. The standard InChI is InChI=1S/C8H19O6P/c1-11-3-5-13-7-15(9,10)8-14-6-4-12-2/h3-8H2,1-2H3,(H,9,10). The monoisotopic (exact) mass is 242 g/mol. The quantitative estimate of drug-likeness (QED) is 0.444. The Morgan fingerprint density at radius 2 is 1.33 bits per heavy atom. The fourth-order valence-corrected chi connectivity index (χ4v) is 1.64. The molecule has 1 N–H and O–H groups in total. The molecule has 0 aliphatic rings. The van der Waals surface area contributed by atoms with Crippen molar-refractivity contribution in [3.63, 3.8) is 0 Å². The molecule has 0 aliphatic carbocycles. The summed E-state index contributed by atoms with van der Waals surface area (Å²) in [5.41, 5.74) is 0. The minimum atomic E-state index is -3.33. The Labute approximate surface area is 89.9 Å². The SMILES string of the molecule is COCCOCP(=O)(O)COCCOC. The van der Waals surface area contributed by atoms with E-state index < -0.39 is 7.37 Å². The van der Waals surface area contributed by atoms with E-state index in [2.05, 4.69) is 0 Å². The van der Waals surface area contributed by atoms with Gasteiger partial charge in [0.25, 0.3) is 0 Å². The van der Waals surface area contributed by atoms with Gasteiger partial charge >= 0.3 is 0 Å². The van der Waals surface area contributed by atoms with Crippen molar-refractivity contribution < 1.29 is 28.4 Å². The van der Waals surface area contributed by atoms with Crippen LogP contribution in [0.15, 0.2) is 0 Å². The molecular formula is C8H19O6P. The van der Waals surface area contributed by atoms with Gasteiger partial charge in [0.15, 0.2) is 0 Å². The van der Waals surface area contributed by atoms with E-state index >= 15 is 0 Å². The van der Waals surface area contributed by atoms with Crippen LogP contribution in [0.1, 0.15) is 0 Å². The van der Waals surface area contributed by atoms with Gasteiger partial charge in [-0.25, -0.2) is 0 Å². The second kappa shape index (κ2) is 9.27. The first-order valence-corrected chi connectivity index (χ1v) is 6.59. The van der Waals surface area contributed by atoms with E-state index in [0.717, 1.165) is 0 Å². The molecule has 0 aromatic rings. The maximum Gasteiger partial charge on any atom is 0.250 e. The first-order chi connectivity index (χ1) is 7.12. The fourth-order valence-electron chi connectivity index (χ4n) is 0.736. The highest BCUT2D eigenvalue weighted by atomic mass is 31.2. The highest BCUT2D eigenvalue weighted by Gasteiger charge is 2.18. The molecule has 15 heavy (non-hydrogen) atoms. The van der Waals surface area contributed by atoms with Crippen LogP contribution in [0.3, 0.4) is 0 Å². The maximum atomic E-state index is 11.4. The lowest BCUT2D eigenvalue weighted by Gasteiger charge is -2.12. The van der Waals surface area contributed by atoms with E-state index in [0.29, 0.717) is 26.4 Å². The van der Waals surface area contributed by atoms with E-state index in [-0.39, 0.29) is 12.7 Å². The zero-order valence-corrected chi connectivity index (χ0v) is 10.1.